The zero-order valence-corrected chi connectivity index (χ0v) is 9.09. The molecular weight excluding hydrogens is 228 g/mol. The third-order valence-electron chi connectivity index (χ3n) is 2.47. The first-order valence-electron chi connectivity index (χ1n) is 5.10. The van der Waals surface area contributed by atoms with Gasteiger partial charge in [0, 0.05) is 0 Å². The van der Waals surface area contributed by atoms with Crippen molar-refractivity contribution in [1.82, 2.24) is 5.48 Å². The molecule has 0 saturated heterocycles. The first-order valence-corrected chi connectivity index (χ1v) is 5.10. The number of hydrogen-bond donors (Lipinski definition) is 3. The second-order valence-electron chi connectivity index (χ2n) is 3.72. The standard InChI is InChI=1S/C10H14N2O5/c11-8(13)5-17-12-9(14)6-3-1-2-4-7(6)10(15)16/h1-2,6-7H,3-5H2,(H2,11,13)(H,12,14)(H,15,16). The smallest absolute Gasteiger partial charge is 0.307 e. The van der Waals surface area contributed by atoms with Crippen LogP contribution in [0.4, 0.5) is 0 Å². The minimum atomic E-state index is -1.02. The van der Waals surface area contributed by atoms with Crippen LogP contribution in [0.1, 0.15) is 12.8 Å². The summed E-state index contributed by atoms with van der Waals surface area (Å²) in [6, 6.07) is 0. The molecule has 0 fully saturated rings. The largest absolute Gasteiger partial charge is 0.481 e. The first-order chi connectivity index (χ1) is 8.02. The van der Waals surface area contributed by atoms with Crippen LogP contribution in [0.3, 0.4) is 0 Å². The van der Waals surface area contributed by atoms with Crippen LogP contribution in [0.25, 0.3) is 0 Å². The van der Waals surface area contributed by atoms with Gasteiger partial charge in [0.1, 0.15) is 0 Å². The molecule has 0 bridgehead atoms. The maximum atomic E-state index is 11.6. The van der Waals surface area contributed by atoms with Gasteiger partial charge in [0.2, 0.25) is 11.8 Å². The van der Waals surface area contributed by atoms with Crippen molar-refractivity contribution in [3.05, 3.63) is 12.2 Å². The van der Waals surface area contributed by atoms with Crippen LogP contribution >= 0.6 is 0 Å². The highest BCUT2D eigenvalue weighted by Crippen LogP contribution is 2.25. The van der Waals surface area contributed by atoms with E-state index in [0.717, 1.165) is 0 Å². The maximum Gasteiger partial charge on any atom is 0.307 e. The van der Waals surface area contributed by atoms with Gasteiger partial charge in [-0.3, -0.25) is 19.2 Å². The normalized spacial score (nSPS) is 23.1. The fourth-order valence-electron chi connectivity index (χ4n) is 1.63. The Hall–Kier alpha value is -1.89. The van der Waals surface area contributed by atoms with E-state index in [4.69, 9.17) is 10.8 Å². The van der Waals surface area contributed by atoms with Gasteiger partial charge in [0.15, 0.2) is 6.61 Å². The fraction of sp³-hybridized carbons (Fsp3) is 0.500. The number of hydroxylamine groups is 1. The lowest BCUT2D eigenvalue weighted by Crippen LogP contribution is -2.39. The maximum absolute atomic E-state index is 11.6. The van der Waals surface area contributed by atoms with Crippen LogP contribution in [0.15, 0.2) is 12.2 Å². The van der Waals surface area contributed by atoms with E-state index in [-0.39, 0.29) is 0 Å². The number of rotatable bonds is 5. The molecular formula is C10H14N2O5. The Labute approximate surface area is 97.6 Å². The van der Waals surface area contributed by atoms with Crippen molar-refractivity contribution in [3.8, 4) is 0 Å². The Kier molecular flexibility index (Phi) is 4.65. The summed E-state index contributed by atoms with van der Waals surface area (Å²) in [6.45, 7) is -0.438. The lowest BCUT2D eigenvalue weighted by molar-refractivity contribution is -0.152. The van der Waals surface area contributed by atoms with E-state index >= 15 is 0 Å². The van der Waals surface area contributed by atoms with Crippen LogP contribution in [0.5, 0.6) is 0 Å². The number of carbonyl (C=O) groups is 3. The van der Waals surface area contributed by atoms with Gasteiger partial charge in [0.05, 0.1) is 11.8 Å². The zero-order valence-electron chi connectivity index (χ0n) is 9.09. The molecule has 17 heavy (non-hydrogen) atoms. The summed E-state index contributed by atoms with van der Waals surface area (Å²) in [5.74, 6) is -3.75. The second-order valence-corrected chi connectivity index (χ2v) is 3.72. The van der Waals surface area contributed by atoms with Gasteiger partial charge in [-0.1, -0.05) is 12.2 Å². The predicted octanol–water partition coefficient (Wildman–Crippen LogP) is -0.814. The van der Waals surface area contributed by atoms with E-state index in [0.29, 0.717) is 12.8 Å². The molecule has 4 N–H and O–H groups in total. The van der Waals surface area contributed by atoms with Gasteiger partial charge in [0.25, 0.3) is 0 Å². The zero-order chi connectivity index (χ0) is 12.8. The molecule has 0 saturated carbocycles. The predicted molar refractivity (Wildman–Crippen MR) is 56.3 cm³/mol. The highest BCUT2D eigenvalue weighted by atomic mass is 16.7. The van der Waals surface area contributed by atoms with Gasteiger partial charge in [-0.15, -0.1) is 0 Å². The van der Waals surface area contributed by atoms with Crippen molar-refractivity contribution in [1.29, 1.82) is 0 Å². The molecule has 7 nitrogen and oxygen atoms in total. The summed E-state index contributed by atoms with van der Waals surface area (Å²) in [4.78, 5) is 37.4. The SMILES string of the molecule is NC(=O)CONC(=O)C1CC=CCC1C(=O)O. The third kappa shape index (κ3) is 3.87. The van der Waals surface area contributed by atoms with E-state index in [9.17, 15) is 14.4 Å². The van der Waals surface area contributed by atoms with Gasteiger partial charge < -0.3 is 10.8 Å². The molecule has 2 atom stereocenters. The molecule has 0 heterocycles. The van der Waals surface area contributed by atoms with Crippen molar-refractivity contribution >= 4 is 17.8 Å². The summed E-state index contributed by atoms with van der Waals surface area (Å²) in [7, 11) is 0. The number of carboxylic acids is 1. The average molecular weight is 242 g/mol. The molecule has 7 heteroatoms. The van der Waals surface area contributed by atoms with Crippen molar-refractivity contribution in [2.75, 3.05) is 6.61 Å². The van der Waals surface area contributed by atoms with E-state index in [1.165, 1.54) is 0 Å². The number of allylic oxidation sites excluding steroid dienone is 2. The number of nitrogens with one attached hydrogen (secondary N) is 1. The molecule has 0 spiro atoms. The molecule has 1 aliphatic carbocycles. The molecule has 0 aromatic heterocycles. The highest BCUT2D eigenvalue weighted by molar-refractivity contribution is 5.84. The lowest BCUT2D eigenvalue weighted by Gasteiger charge is -2.23. The number of nitrogens with two attached hydrogens (primary N) is 1. The summed E-state index contributed by atoms with van der Waals surface area (Å²) in [5.41, 5.74) is 6.84. The molecule has 94 valence electrons. The molecule has 2 unspecified atom stereocenters. The van der Waals surface area contributed by atoms with Gasteiger partial charge in [-0.25, -0.2) is 5.48 Å². The topological polar surface area (TPSA) is 119 Å². The highest BCUT2D eigenvalue weighted by Gasteiger charge is 2.34. The fourth-order valence-corrected chi connectivity index (χ4v) is 1.63. The summed E-state index contributed by atoms with van der Waals surface area (Å²) in [6.07, 6.45) is 4.12. The van der Waals surface area contributed by atoms with Crippen molar-refractivity contribution in [2.45, 2.75) is 12.8 Å². The van der Waals surface area contributed by atoms with Crippen LogP contribution in [-0.4, -0.2) is 29.5 Å². The van der Waals surface area contributed by atoms with Crippen molar-refractivity contribution < 1.29 is 24.3 Å². The van der Waals surface area contributed by atoms with Crippen LogP contribution in [-0.2, 0) is 19.2 Å². The summed E-state index contributed by atoms with van der Waals surface area (Å²) < 4.78 is 0. The number of aliphatic carboxylic acids is 1. The lowest BCUT2D eigenvalue weighted by atomic mass is 9.82. The minimum Gasteiger partial charge on any atom is -0.481 e. The van der Waals surface area contributed by atoms with Gasteiger partial charge >= 0.3 is 5.97 Å². The molecule has 0 aromatic rings. The van der Waals surface area contributed by atoms with Crippen LogP contribution in [0.2, 0.25) is 0 Å². The molecule has 0 aromatic carbocycles. The Morgan fingerprint density at radius 2 is 1.88 bits per heavy atom. The third-order valence-corrected chi connectivity index (χ3v) is 2.47. The quantitative estimate of drug-likeness (QED) is 0.430. The van der Waals surface area contributed by atoms with E-state index in [1.54, 1.807) is 12.2 Å². The number of carbonyl (C=O) groups excluding carboxylic acids is 2. The van der Waals surface area contributed by atoms with Crippen molar-refractivity contribution in [3.63, 3.8) is 0 Å². The Bertz CT molecular complexity index is 353. The molecule has 1 aliphatic rings. The molecule has 0 aliphatic heterocycles. The van der Waals surface area contributed by atoms with Gasteiger partial charge in [-0.2, -0.15) is 0 Å². The number of hydrogen-bond acceptors (Lipinski definition) is 4. The molecule has 1 rings (SSSR count). The van der Waals surface area contributed by atoms with E-state index in [2.05, 4.69) is 4.84 Å². The number of primary amides is 1. The number of amides is 2. The monoisotopic (exact) mass is 242 g/mol. The Morgan fingerprint density at radius 1 is 1.29 bits per heavy atom. The number of carboxylic acid groups (broad SMARTS) is 1. The molecule has 2 amide bonds. The minimum absolute atomic E-state index is 0.309. The molecule has 0 radical (unpaired) electrons. The average Bonchev–Trinajstić information content (AvgIpc) is 2.28. The van der Waals surface area contributed by atoms with Gasteiger partial charge in [-0.05, 0) is 12.8 Å². The summed E-state index contributed by atoms with van der Waals surface area (Å²) >= 11 is 0. The van der Waals surface area contributed by atoms with E-state index < -0.39 is 36.2 Å². The first kappa shape index (κ1) is 13.2. The Morgan fingerprint density at radius 3 is 2.41 bits per heavy atom. The van der Waals surface area contributed by atoms with Crippen molar-refractivity contribution in [2.24, 2.45) is 17.6 Å². The van der Waals surface area contributed by atoms with Crippen LogP contribution in [0, 0.1) is 11.8 Å². The van der Waals surface area contributed by atoms with Crippen LogP contribution < -0.4 is 11.2 Å². The summed E-state index contributed by atoms with van der Waals surface area (Å²) in [5, 5.41) is 8.94. The Balaban J connectivity index is 2.51. The van der Waals surface area contributed by atoms with E-state index in [1.807, 2.05) is 5.48 Å². The second kappa shape index (κ2) is 6.00.